The molecule has 0 atom stereocenters. The number of nitrogens with zero attached hydrogens (tertiary/aromatic N) is 1. The second-order valence-electron chi connectivity index (χ2n) is 5.27. The van der Waals surface area contributed by atoms with Gasteiger partial charge in [-0.2, -0.15) is 5.10 Å². The fraction of sp³-hybridized carbons (Fsp3) is 0. The number of nitrogens with one attached hydrogen (secondary N) is 2. The molecule has 2 N–H and O–H groups in total. The van der Waals surface area contributed by atoms with Crippen LogP contribution in [0.3, 0.4) is 0 Å². The van der Waals surface area contributed by atoms with Crippen LogP contribution in [0.15, 0.2) is 71.8 Å². The first-order valence-corrected chi connectivity index (χ1v) is 7.88. The zero-order valence-electron chi connectivity index (χ0n) is 13.1. The maximum absolute atomic E-state index is 11.9. The number of hydrogen-bond acceptors (Lipinski definition) is 3. The van der Waals surface area contributed by atoms with Crippen molar-refractivity contribution in [1.82, 2.24) is 5.43 Å². The Kier molecular flexibility index (Phi) is 5.06. The molecule has 0 spiro atoms. The number of anilines is 1. The summed E-state index contributed by atoms with van der Waals surface area (Å²) in [6.45, 7) is 0. The quantitative estimate of drug-likeness (QED) is 0.430. The largest absolute Gasteiger partial charge is 0.329 e. The van der Waals surface area contributed by atoms with Crippen LogP contribution < -0.4 is 10.7 Å². The van der Waals surface area contributed by atoms with Crippen molar-refractivity contribution in [2.24, 2.45) is 5.10 Å². The van der Waals surface area contributed by atoms with E-state index in [9.17, 15) is 9.59 Å². The van der Waals surface area contributed by atoms with Crippen LogP contribution in [0.4, 0.5) is 5.69 Å². The van der Waals surface area contributed by atoms with Crippen molar-refractivity contribution in [3.63, 3.8) is 0 Å². The van der Waals surface area contributed by atoms with E-state index in [1.807, 2.05) is 30.3 Å². The van der Waals surface area contributed by atoms with Crippen molar-refractivity contribution in [3.05, 3.63) is 77.3 Å². The zero-order valence-corrected chi connectivity index (χ0v) is 13.8. The van der Waals surface area contributed by atoms with E-state index in [0.717, 1.165) is 16.3 Å². The first-order chi connectivity index (χ1) is 12.1. The minimum atomic E-state index is -0.849. The van der Waals surface area contributed by atoms with Crippen LogP contribution in [0.5, 0.6) is 0 Å². The van der Waals surface area contributed by atoms with Crippen molar-refractivity contribution in [3.8, 4) is 0 Å². The summed E-state index contributed by atoms with van der Waals surface area (Å²) < 4.78 is 0. The zero-order chi connectivity index (χ0) is 17.6. The highest BCUT2D eigenvalue weighted by atomic mass is 35.5. The van der Waals surface area contributed by atoms with E-state index < -0.39 is 11.8 Å². The predicted octanol–water partition coefficient (Wildman–Crippen LogP) is 3.58. The number of halogens is 1. The van der Waals surface area contributed by atoms with Crippen LogP contribution in [0, 0.1) is 0 Å². The number of hydrazone groups is 1. The third-order valence-electron chi connectivity index (χ3n) is 3.46. The first-order valence-electron chi connectivity index (χ1n) is 7.50. The molecule has 0 radical (unpaired) electrons. The normalized spacial score (nSPS) is 10.8. The molecule has 0 aliphatic heterocycles. The number of carbonyl (C=O) groups excluding carboxylic acids is 2. The summed E-state index contributed by atoms with van der Waals surface area (Å²) in [4.78, 5) is 23.7. The van der Waals surface area contributed by atoms with Gasteiger partial charge >= 0.3 is 11.8 Å². The van der Waals surface area contributed by atoms with Gasteiger partial charge in [0, 0.05) is 10.7 Å². The van der Waals surface area contributed by atoms with Gasteiger partial charge in [-0.15, -0.1) is 0 Å². The molecule has 0 aliphatic carbocycles. The predicted molar refractivity (Wildman–Crippen MR) is 99.8 cm³/mol. The SMILES string of the molecule is O=C(N/N=C\c1ccc(Cl)cc1)C(=O)Nc1ccc2ccccc2c1. The smallest absolute Gasteiger partial charge is 0.318 e. The Labute approximate surface area is 149 Å². The fourth-order valence-corrected chi connectivity index (χ4v) is 2.35. The molecule has 5 nitrogen and oxygen atoms in total. The maximum Gasteiger partial charge on any atom is 0.329 e. The summed E-state index contributed by atoms with van der Waals surface area (Å²) in [6.07, 6.45) is 1.43. The molecule has 3 rings (SSSR count). The second kappa shape index (κ2) is 7.59. The standard InChI is InChI=1S/C19H14ClN3O2/c20-16-8-5-13(6-9-16)12-21-23-19(25)18(24)22-17-10-7-14-3-1-2-4-15(14)11-17/h1-12H,(H,22,24)(H,23,25)/b21-12-. The molecule has 6 heteroatoms. The van der Waals surface area contributed by atoms with E-state index >= 15 is 0 Å². The molecular weight excluding hydrogens is 338 g/mol. The number of fused-ring (bicyclic) bond motifs is 1. The molecule has 2 amide bonds. The van der Waals surface area contributed by atoms with Crippen molar-refractivity contribution < 1.29 is 9.59 Å². The number of hydrogen-bond donors (Lipinski definition) is 2. The lowest BCUT2D eigenvalue weighted by Gasteiger charge is -2.05. The van der Waals surface area contributed by atoms with Gasteiger partial charge in [-0.05, 0) is 40.6 Å². The maximum atomic E-state index is 11.9. The molecule has 3 aromatic carbocycles. The molecule has 0 saturated carbocycles. The molecule has 0 heterocycles. The topological polar surface area (TPSA) is 70.6 Å². The summed E-state index contributed by atoms with van der Waals surface area (Å²) in [5.74, 6) is -1.64. The summed E-state index contributed by atoms with van der Waals surface area (Å²) in [5.41, 5.74) is 3.48. The Morgan fingerprint density at radius 2 is 1.60 bits per heavy atom. The minimum Gasteiger partial charge on any atom is -0.318 e. The Morgan fingerprint density at radius 1 is 0.880 bits per heavy atom. The molecule has 0 aliphatic rings. The molecule has 0 fully saturated rings. The van der Waals surface area contributed by atoms with Gasteiger partial charge in [0.25, 0.3) is 0 Å². The van der Waals surface area contributed by atoms with Crippen molar-refractivity contribution in [1.29, 1.82) is 0 Å². The van der Waals surface area contributed by atoms with Gasteiger partial charge in [-0.1, -0.05) is 54.1 Å². The highest BCUT2D eigenvalue weighted by Crippen LogP contribution is 2.18. The van der Waals surface area contributed by atoms with E-state index in [4.69, 9.17) is 11.6 Å². The van der Waals surface area contributed by atoms with Gasteiger partial charge in [0.2, 0.25) is 0 Å². The molecule has 3 aromatic rings. The van der Waals surface area contributed by atoms with Gasteiger partial charge in [-0.25, -0.2) is 5.43 Å². The van der Waals surface area contributed by atoms with Crippen molar-refractivity contribution in [2.75, 3.05) is 5.32 Å². The third-order valence-corrected chi connectivity index (χ3v) is 3.72. The van der Waals surface area contributed by atoms with Crippen LogP contribution in [0.1, 0.15) is 5.56 Å². The summed E-state index contributed by atoms with van der Waals surface area (Å²) >= 11 is 5.78. The van der Waals surface area contributed by atoms with E-state index in [-0.39, 0.29) is 0 Å². The van der Waals surface area contributed by atoms with Crippen LogP contribution in [-0.2, 0) is 9.59 Å². The van der Waals surface area contributed by atoms with E-state index in [0.29, 0.717) is 10.7 Å². The molecule has 0 saturated heterocycles. The van der Waals surface area contributed by atoms with Gasteiger partial charge in [0.05, 0.1) is 6.21 Å². The van der Waals surface area contributed by atoms with Gasteiger partial charge in [-0.3, -0.25) is 9.59 Å². The van der Waals surface area contributed by atoms with Crippen LogP contribution in [0.25, 0.3) is 10.8 Å². The van der Waals surface area contributed by atoms with Crippen molar-refractivity contribution >= 4 is 46.1 Å². The highest BCUT2D eigenvalue weighted by Gasteiger charge is 2.12. The van der Waals surface area contributed by atoms with E-state index in [1.165, 1.54) is 6.21 Å². The lowest BCUT2D eigenvalue weighted by Crippen LogP contribution is -2.32. The first kappa shape index (κ1) is 16.7. The average Bonchev–Trinajstić information content (AvgIpc) is 2.63. The molecule has 0 aromatic heterocycles. The highest BCUT2D eigenvalue weighted by molar-refractivity contribution is 6.39. The Hall–Kier alpha value is -3.18. The lowest BCUT2D eigenvalue weighted by molar-refractivity contribution is -0.136. The van der Waals surface area contributed by atoms with Crippen LogP contribution >= 0.6 is 11.6 Å². The van der Waals surface area contributed by atoms with Crippen LogP contribution in [0.2, 0.25) is 5.02 Å². The molecular formula is C19H14ClN3O2. The molecule has 0 unspecified atom stereocenters. The summed E-state index contributed by atoms with van der Waals surface area (Å²) in [5, 5.41) is 8.94. The number of amides is 2. The summed E-state index contributed by atoms with van der Waals surface area (Å²) in [7, 11) is 0. The number of carbonyl (C=O) groups is 2. The molecule has 124 valence electrons. The van der Waals surface area contributed by atoms with Gasteiger partial charge in [0.1, 0.15) is 0 Å². The van der Waals surface area contributed by atoms with Crippen molar-refractivity contribution in [2.45, 2.75) is 0 Å². The van der Waals surface area contributed by atoms with Crippen LogP contribution in [-0.4, -0.2) is 18.0 Å². The van der Waals surface area contributed by atoms with Gasteiger partial charge < -0.3 is 5.32 Å². The molecule has 25 heavy (non-hydrogen) atoms. The average molecular weight is 352 g/mol. The van der Waals surface area contributed by atoms with E-state index in [2.05, 4.69) is 15.8 Å². The minimum absolute atomic E-state index is 0.542. The Morgan fingerprint density at radius 3 is 2.36 bits per heavy atom. The lowest BCUT2D eigenvalue weighted by atomic mass is 10.1. The number of benzene rings is 3. The summed E-state index contributed by atoms with van der Waals surface area (Å²) in [6, 6.07) is 20.1. The number of rotatable bonds is 3. The fourth-order valence-electron chi connectivity index (χ4n) is 2.22. The Bertz CT molecular complexity index is 952. The second-order valence-corrected chi connectivity index (χ2v) is 5.70. The monoisotopic (exact) mass is 351 g/mol. The third kappa shape index (κ3) is 4.43. The van der Waals surface area contributed by atoms with E-state index in [1.54, 1.807) is 36.4 Å². The Balaban J connectivity index is 1.59. The molecule has 0 bridgehead atoms. The van der Waals surface area contributed by atoms with Gasteiger partial charge in [0.15, 0.2) is 0 Å².